The third kappa shape index (κ3) is 2.94. The molecule has 3 N–H and O–H groups in total. The molecular formula is C13H9F2N3O2. The number of halogens is 2. The lowest BCUT2D eigenvalue weighted by molar-refractivity contribution is 0.0996. The molecule has 2 amide bonds. The standard InChI is InChI=1S/C13H9F2N3O2/c14-9-2-1-7(12(16)19)5-10(9)18-13(20)8-3-4-17-11(15)6-8/h1-6H,(H2,16,19)(H,18,20). The smallest absolute Gasteiger partial charge is 0.255 e. The molecule has 20 heavy (non-hydrogen) atoms. The number of aromatic nitrogens is 1. The maximum atomic E-state index is 13.5. The molecule has 102 valence electrons. The molecule has 0 fully saturated rings. The number of nitrogens with two attached hydrogens (primary N) is 1. The second-order valence-corrected chi connectivity index (χ2v) is 3.88. The van der Waals surface area contributed by atoms with Crippen molar-refractivity contribution in [2.24, 2.45) is 5.73 Å². The number of anilines is 1. The predicted octanol–water partition coefficient (Wildman–Crippen LogP) is 1.71. The van der Waals surface area contributed by atoms with Gasteiger partial charge < -0.3 is 11.1 Å². The van der Waals surface area contributed by atoms with E-state index in [0.717, 1.165) is 24.4 Å². The molecule has 0 atom stereocenters. The monoisotopic (exact) mass is 277 g/mol. The number of pyridine rings is 1. The van der Waals surface area contributed by atoms with E-state index in [1.54, 1.807) is 0 Å². The quantitative estimate of drug-likeness (QED) is 0.837. The number of hydrogen-bond acceptors (Lipinski definition) is 3. The van der Waals surface area contributed by atoms with E-state index in [1.165, 1.54) is 12.1 Å². The highest BCUT2D eigenvalue weighted by Gasteiger charge is 2.12. The van der Waals surface area contributed by atoms with Crippen molar-refractivity contribution in [2.45, 2.75) is 0 Å². The second kappa shape index (κ2) is 5.43. The van der Waals surface area contributed by atoms with Gasteiger partial charge in [-0.05, 0) is 24.3 Å². The van der Waals surface area contributed by atoms with Crippen LogP contribution in [0, 0.1) is 11.8 Å². The molecule has 1 aromatic carbocycles. The van der Waals surface area contributed by atoms with Gasteiger partial charge in [-0.2, -0.15) is 4.39 Å². The van der Waals surface area contributed by atoms with E-state index in [2.05, 4.69) is 10.3 Å². The molecule has 2 rings (SSSR count). The normalized spacial score (nSPS) is 10.1. The summed E-state index contributed by atoms with van der Waals surface area (Å²) in [5.41, 5.74) is 4.86. The van der Waals surface area contributed by atoms with Gasteiger partial charge in [0.2, 0.25) is 11.9 Å². The Labute approximate surface area is 112 Å². The van der Waals surface area contributed by atoms with E-state index in [0.29, 0.717) is 0 Å². The van der Waals surface area contributed by atoms with Gasteiger partial charge in [-0.1, -0.05) is 0 Å². The summed E-state index contributed by atoms with van der Waals surface area (Å²) >= 11 is 0. The fourth-order valence-electron chi connectivity index (χ4n) is 1.51. The SMILES string of the molecule is NC(=O)c1ccc(F)c(NC(=O)c2ccnc(F)c2)c1. The van der Waals surface area contributed by atoms with Crippen LogP contribution in [-0.4, -0.2) is 16.8 Å². The van der Waals surface area contributed by atoms with Crippen molar-refractivity contribution in [2.75, 3.05) is 5.32 Å². The highest BCUT2D eigenvalue weighted by molar-refractivity contribution is 6.05. The Morgan fingerprint density at radius 1 is 1.10 bits per heavy atom. The highest BCUT2D eigenvalue weighted by atomic mass is 19.1. The van der Waals surface area contributed by atoms with Crippen LogP contribution in [-0.2, 0) is 0 Å². The Morgan fingerprint density at radius 3 is 2.50 bits per heavy atom. The van der Waals surface area contributed by atoms with Crippen molar-refractivity contribution < 1.29 is 18.4 Å². The first-order valence-corrected chi connectivity index (χ1v) is 5.49. The van der Waals surface area contributed by atoms with E-state index >= 15 is 0 Å². The molecule has 0 unspecified atom stereocenters. The van der Waals surface area contributed by atoms with E-state index in [4.69, 9.17) is 5.73 Å². The van der Waals surface area contributed by atoms with Gasteiger partial charge in [-0.3, -0.25) is 9.59 Å². The lowest BCUT2D eigenvalue weighted by Crippen LogP contribution is -2.16. The molecule has 1 heterocycles. The fraction of sp³-hybridized carbons (Fsp3) is 0. The lowest BCUT2D eigenvalue weighted by atomic mass is 10.1. The summed E-state index contributed by atoms with van der Waals surface area (Å²) in [5, 5.41) is 2.23. The number of primary amides is 1. The summed E-state index contributed by atoms with van der Waals surface area (Å²) in [4.78, 5) is 26.1. The minimum Gasteiger partial charge on any atom is -0.366 e. The van der Waals surface area contributed by atoms with Gasteiger partial charge in [0, 0.05) is 23.4 Å². The number of benzene rings is 1. The zero-order valence-corrected chi connectivity index (χ0v) is 10.1. The van der Waals surface area contributed by atoms with Gasteiger partial charge in [0.05, 0.1) is 5.69 Å². The average molecular weight is 277 g/mol. The van der Waals surface area contributed by atoms with Crippen molar-refractivity contribution >= 4 is 17.5 Å². The van der Waals surface area contributed by atoms with Crippen molar-refractivity contribution in [1.29, 1.82) is 0 Å². The summed E-state index contributed by atoms with van der Waals surface area (Å²) in [5.74, 6) is -3.05. The Balaban J connectivity index is 2.27. The first-order valence-electron chi connectivity index (χ1n) is 5.49. The number of rotatable bonds is 3. The largest absolute Gasteiger partial charge is 0.366 e. The fourth-order valence-corrected chi connectivity index (χ4v) is 1.51. The summed E-state index contributed by atoms with van der Waals surface area (Å²) in [6.45, 7) is 0. The number of carbonyl (C=O) groups excluding carboxylic acids is 2. The molecule has 0 radical (unpaired) electrons. The minimum absolute atomic E-state index is 0.0265. The molecule has 0 aliphatic carbocycles. The Bertz CT molecular complexity index is 689. The number of hydrogen-bond donors (Lipinski definition) is 2. The molecule has 0 aliphatic heterocycles. The predicted molar refractivity (Wildman–Crippen MR) is 67.1 cm³/mol. The summed E-state index contributed by atoms with van der Waals surface area (Å²) in [6.07, 6.45) is 1.11. The van der Waals surface area contributed by atoms with Gasteiger partial charge in [0.1, 0.15) is 5.82 Å². The number of carbonyl (C=O) groups is 2. The minimum atomic E-state index is -0.830. The van der Waals surface area contributed by atoms with Crippen LogP contribution in [0.3, 0.4) is 0 Å². The van der Waals surface area contributed by atoms with Crippen LogP contribution in [0.4, 0.5) is 14.5 Å². The van der Waals surface area contributed by atoms with Crippen LogP contribution in [0.5, 0.6) is 0 Å². The zero-order chi connectivity index (χ0) is 14.7. The lowest BCUT2D eigenvalue weighted by Gasteiger charge is -2.07. The van der Waals surface area contributed by atoms with Crippen molar-refractivity contribution in [3.63, 3.8) is 0 Å². The second-order valence-electron chi connectivity index (χ2n) is 3.88. The number of nitrogens with zero attached hydrogens (tertiary/aromatic N) is 1. The van der Waals surface area contributed by atoms with Crippen LogP contribution in [0.1, 0.15) is 20.7 Å². The molecular weight excluding hydrogens is 268 g/mol. The van der Waals surface area contributed by atoms with E-state index < -0.39 is 23.6 Å². The zero-order valence-electron chi connectivity index (χ0n) is 10.1. The average Bonchev–Trinajstić information content (AvgIpc) is 2.41. The van der Waals surface area contributed by atoms with Crippen LogP contribution < -0.4 is 11.1 Å². The number of amides is 2. The first-order chi connectivity index (χ1) is 9.47. The molecule has 2 aromatic rings. The first kappa shape index (κ1) is 13.6. The molecule has 0 saturated heterocycles. The van der Waals surface area contributed by atoms with Crippen LogP contribution in [0.2, 0.25) is 0 Å². The van der Waals surface area contributed by atoms with Gasteiger partial charge in [0.25, 0.3) is 5.91 Å². The van der Waals surface area contributed by atoms with E-state index in [-0.39, 0.29) is 16.8 Å². The molecule has 1 aromatic heterocycles. The third-order valence-electron chi connectivity index (χ3n) is 2.49. The highest BCUT2D eigenvalue weighted by Crippen LogP contribution is 2.17. The molecule has 0 bridgehead atoms. The van der Waals surface area contributed by atoms with Crippen LogP contribution >= 0.6 is 0 Å². The molecule has 5 nitrogen and oxygen atoms in total. The van der Waals surface area contributed by atoms with Crippen molar-refractivity contribution in [3.8, 4) is 0 Å². The van der Waals surface area contributed by atoms with Crippen molar-refractivity contribution in [3.05, 3.63) is 59.4 Å². The summed E-state index contributed by atoms with van der Waals surface area (Å²) in [6, 6.07) is 5.48. The van der Waals surface area contributed by atoms with Gasteiger partial charge >= 0.3 is 0 Å². The maximum Gasteiger partial charge on any atom is 0.255 e. The maximum absolute atomic E-state index is 13.5. The van der Waals surface area contributed by atoms with Gasteiger partial charge in [-0.25, -0.2) is 9.37 Å². The molecule has 0 spiro atoms. The van der Waals surface area contributed by atoms with Gasteiger partial charge in [0.15, 0.2) is 0 Å². The van der Waals surface area contributed by atoms with E-state index in [9.17, 15) is 18.4 Å². The summed E-state index contributed by atoms with van der Waals surface area (Å²) < 4.78 is 26.4. The third-order valence-corrected chi connectivity index (χ3v) is 2.49. The number of nitrogens with one attached hydrogen (secondary N) is 1. The Kier molecular flexibility index (Phi) is 3.69. The van der Waals surface area contributed by atoms with E-state index in [1.807, 2.05) is 0 Å². The molecule has 7 heteroatoms. The van der Waals surface area contributed by atoms with Crippen molar-refractivity contribution in [1.82, 2.24) is 4.98 Å². The Morgan fingerprint density at radius 2 is 1.85 bits per heavy atom. The Hall–Kier alpha value is -2.83. The van der Waals surface area contributed by atoms with Crippen LogP contribution in [0.25, 0.3) is 0 Å². The van der Waals surface area contributed by atoms with Crippen LogP contribution in [0.15, 0.2) is 36.5 Å². The molecule has 0 saturated carbocycles. The van der Waals surface area contributed by atoms with Gasteiger partial charge in [-0.15, -0.1) is 0 Å². The molecule has 0 aliphatic rings. The summed E-state index contributed by atoms with van der Waals surface area (Å²) in [7, 11) is 0. The topological polar surface area (TPSA) is 85.1 Å².